The SMILES string of the molecule is CC(=O)N1C(C2CCCCC2=O)CC(C)N1c1ccccc1. The zero-order chi connectivity index (χ0) is 15.7. The molecule has 3 atom stereocenters. The van der Waals surface area contributed by atoms with E-state index in [1.165, 1.54) is 0 Å². The third-order valence-corrected chi connectivity index (χ3v) is 4.96. The van der Waals surface area contributed by atoms with Crippen LogP contribution in [0.15, 0.2) is 30.3 Å². The Labute approximate surface area is 132 Å². The van der Waals surface area contributed by atoms with Crippen LogP contribution in [0.5, 0.6) is 0 Å². The smallest absolute Gasteiger partial charge is 0.238 e. The number of ketones is 1. The quantitative estimate of drug-likeness (QED) is 0.842. The first-order valence-corrected chi connectivity index (χ1v) is 8.26. The van der Waals surface area contributed by atoms with Crippen molar-refractivity contribution in [3.8, 4) is 0 Å². The van der Waals surface area contributed by atoms with Crippen molar-refractivity contribution in [2.24, 2.45) is 5.92 Å². The molecule has 3 unspecified atom stereocenters. The number of hydrazine groups is 1. The molecule has 1 aromatic rings. The van der Waals surface area contributed by atoms with Gasteiger partial charge in [-0.1, -0.05) is 24.6 Å². The number of hydrogen-bond acceptors (Lipinski definition) is 3. The number of rotatable bonds is 2. The second-order valence-electron chi connectivity index (χ2n) is 6.51. The van der Waals surface area contributed by atoms with E-state index in [-0.39, 0.29) is 23.9 Å². The van der Waals surface area contributed by atoms with Crippen molar-refractivity contribution in [1.29, 1.82) is 0 Å². The molecule has 1 aliphatic carbocycles. The van der Waals surface area contributed by atoms with Crippen LogP contribution in [0, 0.1) is 5.92 Å². The number of carbonyl (C=O) groups excluding carboxylic acids is 2. The first-order valence-electron chi connectivity index (χ1n) is 8.26. The fourth-order valence-electron chi connectivity index (χ4n) is 4.02. The van der Waals surface area contributed by atoms with Gasteiger partial charge in [-0.05, 0) is 38.3 Å². The predicted octanol–water partition coefficient (Wildman–Crippen LogP) is 3.18. The third kappa shape index (κ3) is 2.62. The van der Waals surface area contributed by atoms with Crippen molar-refractivity contribution in [3.05, 3.63) is 30.3 Å². The van der Waals surface area contributed by atoms with E-state index >= 15 is 0 Å². The predicted molar refractivity (Wildman–Crippen MR) is 86.3 cm³/mol. The van der Waals surface area contributed by atoms with Crippen LogP contribution in [0.3, 0.4) is 0 Å². The summed E-state index contributed by atoms with van der Waals surface area (Å²) in [6.07, 6.45) is 4.55. The monoisotopic (exact) mass is 300 g/mol. The van der Waals surface area contributed by atoms with Crippen molar-refractivity contribution in [2.45, 2.75) is 58.0 Å². The highest BCUT2D eigenvalue weighted by atomic mass is 16.2. The highest BCUT2D eigenvalue weighted by molar-refractivity contribution is 5.84. The number of Topliss-reactive ketones (excluding diaryl/α,β-unsaturated/α-hetero) is 1. The molecule has 0 bridgehead atoms. The van der Waals surface area contributed by atoms with E-state index < -0.39 is 0 Å². The van der Waals surface area contributed by atoms with Crippen LogP contribution in [0.25, 0.3) is 0 Å². The van der Waals surface area contributed by atoms with Gasteiger partial charge >= 0.3 is 0 Å². The summed E-state index contributed by atoms with van der Waals surface area (Å²) >= 11 is 0. The van der Waals surface area contributed by atoms with Gasteiger partial charge < -0.3 is 0 Å². The van der Waals surface area contributed by atoms with Crippen molar-refractivity contribution in [2.75, 3.05) is 5.01 Å². The molecule has 22 heavy (non-hydrogen) atoms. The minimum absolute atomic E-state index is 0.00816. The van der Waals surface area contributed by atoms with Crippen molar-refractivity contribution in [1.82, 2.24) is 5.01 Å². The van der Waals surface area contributed by atoms with Gasteiger partial charge in [-0.2, -0.15) is 0 Å². The lowest BCUT2D eigenvalue weighted by molar-refractivity contribution is -0.134. The molecule has 1 saturated heterocycles. The zero-order valence-corrected chi connectivity index (χ0v) is 13.4. The molecule has 2 aliphatic rings. The topological polar surface area (TPSA) is 40.6 Å². The Morgan fingerprint density at radius 3 is 2.55 bits per heavy atom. The lowest BCUT2D eigenvalue weighted by atomic mass is 9.81. The van der Waals surface area contributed by atoms with E-state index in [1.807, 2.05) is 35.3 Å². The maximum absolute atomic E-state index is 12.3. The van der Waals surface area contributed by atoms with Gasteiger partial charge in [0.1, 0.15) is 5.78 Å². The largest absolute Gasteiger partial charge is 0.299 e. The average molecular weight is 300 g/mol. The van der Waals surface area contributed by atoms with Gasteiger partial charge in [0.25, 0.3) is 0 Å². The summed E-state index contributed by atoms with van der Waals surface area (Å²) in [6, 6.07) is 10.2. The second kappa shape index (κ2) is 6.11. The molecule has 118 valence electrons. The minimum Gasteiger partial charge on any atom is -0.299 e. The molecule has 1 aliphatic heterocycles. The minimum atomic E-state index is 0.00816. The van der Waals surface area contributed by atoms with Crippen LogP contribution in [-0.4, -0.2) is 28.8 Å². The van der Waals surface area contributed by atoms with Crippen molar-refractivity contribution in [3.63, 3.8) is 0 Å². The molecule has 1 heterocycles. The summed E-state index contributed by atoms with van der Waals surface area (Å²) in [5, 5.41) is 3.92. The van der Waals surface area contributed by atoms with E-state index in [9.17, 15) is 9.59 Å². The average Bonchev–Trinajstić information content (AvgIpc) is 2.86. The maximum atomic E-state index is 12.3. The van der Waals surface area contributed by atoms with E-state index in [0.29, 0.717) is 12.2 Å². The van der Waals surface area contributed by atoms with Crippen molar-refractivity contribution < 1.29 is 9.59 Å². The van der Waals surface area contributed by atoms with Crippen LogP contribution in [0.4, 0.5) is 5.69 Å². The summed E-state index contributed by atoms with van der Waals surface area (Å²) in [6.45, 7) is 3.74. The molecule has 0 aromatic heterocycles. The third-order valence-electron chi connectivity index (χ3n) is 4.96. The fourth-order valence-corrected chi connectivity index (χ4v) is 4.02. The van der Waals surface area contributed by atoms with E-state index in [1.54, 1.807) is 6.92 Å². The summed E-state index contributed by atoms with van der Waals surface area (Å²) in [5.74, 6) is 0.370. The molecule has 0 N–H and O–H groups in total. The molecule has 4 nitrogen and oxygen atoms in total. The standard InChI is InChI=1S/C18H24N2O2/c1-13-12-17(16-10-6-7-11-18(16)22)20(14(2)21)19(13)15-8-4-3-5-9-15/h3-5,8-9,13,16-17H,6-7,10-12H2,1-2H3. The summed E-state index contributed by atoms with van der Waals surface area (Å²) in [7, 11) is 0. The van der Waals surface area contributed by atoms with Gasteiger partial charge in [-0.15, -0.1) is 0 Å². The highest BCUT2D eigenvalue weighted by Gasteiger charge is 2.45. The molecular weight excluding hydrogens is 276 g/mol. The van der Waals surface area contributed by atoms with Gasteiger partial charge in [0.15, 0.2) is 0 Å². The van der Waals surface area contributed by atoms with Crippen molar-refractivity contribution >= 4 is 17.4 Å². The van der Waals surface area contributed by atoms with Crippen LogP contribution in [-0.2, 0) is 9.59 Å². The first-order chi connectivity index (χ1) is 10.6. The number of benzene rings is 1. The van der Waals surface area contributed by atoms with Crippen LogP contribution >= 0.6 is 0 Å². The summed E-state index contributed by atoms with van der Waals surface area (Å²) in [5.41, 5.74) is 1.02. The molecule has 0 spiro atoms. The molecule has 1 aromatic carbocycles. The Kier molecular flexibility index (Phi) is 4.19. The highest BCUT2D eigenvalue weighted by Crippen LogP contribution is 2.37. The lowest BCUT2D eigenvalue weighted by Crippen LogP contribution is -2.50. The summed E-state index contributed by atoms with van der Waals surface area (Å²) in [4.78, 5) is 24.7. The molecule has 3 rings (SSSR count). The van der Waals surface area contributed by atoms with Gasteiger partial charge in [-0.25, -0.2) is 5.01 Å². The van der Waals surface area contributed by atoms with Crippen LogP contribution in [0.1, 0.15) is 46.0 Å². The van der Waals surface area contributed by atoms with E-state index in [0.717, 1.165) is 31.4 Å². The number of hydrogen-bond donors (Lipinski definition) is 0. The second-order valence-corrected chi connectivity index (χ2v) is 6.51. The van der Waals surface area contributed by atoms with Gasteiger partial charge in [0, 0.05) is 25.3 Å². The number of para-hydroxylation sites is 1. The molecule has 0 radical (unpaired) electrons. The van der Waals surface area contributed by atoms with Gasteiger partial charge in [-0.3, -0.25) is 14.6 Å². The Morgan fingerprint density at radius 2 is 1.91 bits per heavy atom. The Hall–Kier alpha value is -1.84. The first kappa shape index (κ1) is 15.1. The molecule has 4 heteroatoms. The molecular formula is C18H24N2O2. The fraction of sp³-hybridized carbons (Fsp3) is 0.556. The number of anilines is 1. The van der Waals surface area contributed by atoms with Crippen LogP contribution in [0.2, 0.25) is 0 Å². The van der Waals surface area contributed by atoms with E-state index in [2.05, 4.69) is 11.9 Å². The summed E-state index contributed by atoms with van der Waals surface area (Å²) < 4.78 is 0. The number of amides is 1. The maximum Gasteiger partial charge on any atom is 0.238 e. The van der Waals surface area contributed by atoms with Gasteiger partial charge in [0.05, 0.1) is 11.7 Å². The Bertz CT molecular complexity index is 557. The van der Waals surface area contributed by atoms with Gasteiger partial charge in [0.2, 0.25) is 5.91 Å². The Morgan fingerprint density at radius 1 is 1.18 bits per heavy atom. The molecule has 1 saturated carbocycles. The van der Waals surface area contributed by atoms with E-state index in [4.69, 9.17) is 0 Å². The number of carbonyl (C=O) groups is 2. The molecule has 1 amide bonds. The Balaban J connectivity index is 1.92. The number of nitrogens with zero attached hydrogens (tertiary/aromatic N) is 2. The molecule has 2 fully saturated rings. The van der Waals surface area contributed by atoms with Crippen LogP contribution < -0.4 is 5.01 Å². The lowest BCUT2D eigenvalue weighted by Gasteiger charge is -2.38. The zero-order valence-electron chi connectivity index (χ0n) is 13.4. The normalized spacial score (nSPS) is 29.0.